The van der Waals surface area contributed by atoms with Crippen LogP contribution in [0.1, 0.15) is 54.4 Å². The van der Waals surface area contributed by atoms with Crippen molar-refractivity contribution in [1.82, 2.24) is 19.6 Å². The number of nitrogens with zero attached hydrogens (tertiary/aromatic N) is 2. The lowest BCUT2D eigenvalue weighted by Crippen LogP contribution is -2.41. The van der Waals surface area contributed by atoms with Crippen LogP contribution in [0.2, 0.25) is 0 Å². The number of imidazole rings is 1. The lowest BCUT2D eigenvalue weighted by molar-refractivity contribution is 0.0912. The van der Waals surface area contributed by atoms with Crippen LogP contribution in [0, 0.1) is 0 Å². The van der Waals surface area contributed by atoms with E-state index in [-0.39, 0.29) is 16.7 Å². The van der Waals surface area contributed by atoms with E-state index >= 15 is 0 Å². The monoisotopic (exact) mass is 452 g/mol. The van der Waals surface area contributed by atoms with Gasteiger partial charge in [-0.2, -0.15) is 4.31 Å². The number of nitrogens with one attached hydrogen (secondary N) is 2. The molecular weight excluding hydrogens is 424 g/mol. The minimum atomic E-state index is -3.68. The average Bonchev–Trinajstić information content (AvgIpc) is 3.35. The molecule has 2 aromatic carbocycles. The Balaban J connectivity index is 1.48. The molecule has 0 radical (unpaired) electrons. The standard InChI is InChI=1S/C24H28N4O3S/c1-24(2,20-8-4-3-5-9-20)27-23(29)19-7-6-10-21(17-19)32(30,31)28-15-11-18(12-16-28)22-25-13-14-26-22/h3-10,13-14,17-18H,11-12,15-16H2,1-2H3,(H,25,26)(H,27,29). The van der Waals surface area contributed by atoms with E-state index < -0.39 is 15.6 Å². The minimum Gasteiger partial charge on any atom is -0.348 e. The molecule has 1 amide bonds. The highest BCUT2D eigenvalue weighted by molar-refractivity contribution is 7.89. The first-order valence-corrected chi connectivity index (χ1v) is 12.2. The third-order valence-electron chi connectivity index (χ3n) is 6.02. The predicted octanol–water partition coefficient (Wildman–Crippen LogP) is 3.64. The topological polar surface area (TPSA) is 95.2 Å². The van der Waals surface area contributed by atoms with Crippen LogP contribution in [-0.4, -0.2) is 41.7 Å². The summed E-state index contributed by atoms with van der Waals surface area (Å²) in [6.07, 6.45) is 4.92. The molecule has 3 aromatic rings. The van der Waals surface area contributed by atoms with E-state index in [2.05, 4.69) is 15.3 Å². The van der Waals surface area contributed by atoms with Gasteiger partial charge in [0.05, 0.1) is 10.4 Å². The molecule has 0 spiro atoms. The molecule has 1 aliphatic rings. The number of hydrogen-bond acceptors (Lipinski definition) is 4. The molecular formula is C24H28N4O3S. The Kier molecular flexibility index (Phi) is 6.17. The number of aromatic nitrogens is 2. The van der Waals surface area contributed by atoms with E-state index in [1.807, 2.05) is 44.2 Å². The second-order valence-corrected chi connectivity index (χ2v) is 10.6. The van der Waals surface area contributed by atoms with E-state index in [1.165, 1.54) is 10.4 Å². The first kappa shape index (κ1) is 22.2. The van der Waals surface area contributed by atoms with Gasteiger partial charge in [0.2, 0.25) is 10.0 Å². The van der Waals surface area contributed by atoms with Crippen LogP contribution in [0.3, 0.4) is 0 Å². The Morgan fingerprint density at radius 3 is 2.47 bits per heavy atom. The molecule has 0 atom stereocenters. The molecule has 2 N–H and O–H groups in total. The maximum atomic E-state index is 13.2. The summed E-state index contributed by atoms with van der Waals surface area (Å²) in [5.74, 6) is 0.822. The fourth-order valence-electron chi connectivity index (χ4n) is 4.10. The molecule has 2 heterocycles. The summed E-state index contributed by atoms with van der Waals surface area (Å²) >= 11 is 0. The first-order valence-electron chi connectivity index (χ1n) is 10.7. The van der Waals surface area contributed by atoms with Gasteiger partial charge in [0.1, 0.15) is 5.82 Å². The Morgan fingerprint density at radius 1 is 1.09 bits per heavy atom. The number of H-pyrrole nitrogens is 1. The van der Waals surface area contributed by atoms with Gasteiger partial charge in [-0.15, -0.1) is 0 Å². The van der Waals surface area contributed by atoms with Gasteiger partial charge in [0.25, 0.3) is 5.91 Å². The van der Waals surface area contributed by atoms with E-state index in [9.17, 15) is 13.2 Å². The summed E-state index contributed by atoms with van der Waals surface area (Å²) in [5, 5.41) is 3.01. The minimum absolute atomic E-state index is 0.138. The molecule has 1 saturated heterocycles. The highest BCUT2D eigenvalue weighted by Crippen LogP contribution is 2.29. The molecule has 8 heteroatoms. The zero-order valence-electron chi connectivity index (χ0n) is 18.3. The van der Waals surface area contributed by atoms with Crippen molar-refractivity contribution in [3.05, 3.63) is 83.9 Å². The molecule has 1 fully saturated rings. The Bertz CT molecular complexity index is 1170. The smallest absolute Gasteiger partial charge is 0.251 e. The second kappa shape index (κ2) is 8.88. The van der Waals surface area contributed by atoms with Crippen LogP contribution < -0.4 is 5.32 Å². The largest absolute Gasteiger partial charge is 0.348 e. The van der Waals surface area contributed by atoms with Crippen molar-refractivity contribution < 1.29 is 13.2 Å². The fourth-order valence-corrected chi connectivity index (χ4v) is 5.62. The summed E-state index contributed by atoms with van der Waals surface area (Å²) in [5.41, 5.74) is 0.693. The molecule has 168 valence electrons. The zero-order chi connectivity index (χ0) is 22.8. The van der Waals surface area contributed by atoms with Crippen molar-refractivity contribution in [3.8, 4) is 0 Å². The maximum Gasteiger partial charge on any atom is 0.251 e. The van der Waals surface area contributed by atoms with Crippen molar-refractivity contribution in [2.75, 3.05) is 13.1 Å². The molecule has 32 heavy (non-hydrogen) atoms. The van der Waals surface area contributed by atoms with Crippen molar-refractivity contribution in [2.24, 2.45) is 0 Å². The van der Waals surface area contributed by atoms with Gasteiger partial charge < -0.3 is 10.3 Å². The van der Waals surface area contributed by atoms with Crippen LogP contribution >= 0.6 is 0 Å². The predicted molar refractivity (Wildman–Crippen MR) is 123 cm³/mol. The molecule has 1 aliphatic heterocycles. The van der Waals surface area contributed by atoms with E-state index in [0.717, 1.165) is 11.4 Å². The quantitative estimate of drug-likeness (QED) is 0.597. The molecule has 0 aliphatic carbocycles. The summed E-state index contributed by atoms with van der Waals surface area (Å²) in [6.45, 7) is 4.68. The third-order valence-corrected chi connectivity index (χ3v) is 7.91. The molecule has 7 nitrogen and oxygen atoms in total. The van der Waals surface area contributed by atoms with Crippen LogP contribution in [0.4, 0.5) is 0 Å². The number of amides is 1. The SMILES string of the molecule is CC(C)(NC(=O)c1cccc(S(=O)(=O)N2CCC(c3ncc[nH]3)CC2)c1)c1ccccc1. The van der Waals surface area contributed by atoms with Crippen LogP contribution in [0.5, 0.6) is 0 Å². The van der Waals surface area contributed by atoms with Gasteiger partial charge in [0, 0.05) is 37.0 Å². The number of carbonyl (C=O) groups excluding carboxylic acids is 1. The number of sulfonamides is 1. The average molecular weight is 453 g/mol. The maximum absolute atomic E-state index is 13.2. The molecule has 1 aromatic heterocycles. The van der Waals surface area contributed by atoms with E-state index in [0.29, 0.717) is 31.5 Å². The number of carbonyl (C=O) groups is 1. The normalized spacial score (nSPS) is 16.1. The molecule has 0 bridgehead atoms. The van der Waals surface area contributed by atoms with Gasteiger partial charge in [-0.05, 0) is 50.5 Å². The van der Waals surface area contributed by atoms with Gasteiger partial charge in [-0.1, -0.05) is 36.4 Å². The van der Waals surface area contributed by atoms with Gasteiger partial charge in [0.15, 0.2) is 0 Å². The molecule has 4 rings (SSSR count). The number of hydrogen-bond donors (Lipinski definition) is 2. The fraction of sp³-hybridized carbons (Fsp3) is 0.333. The van der Waals surface area contributed by atoms with Crippen molar-refractivity contribution in [3.63, 3.8) is 0 Å². The van der Waals surface area contributed by atoms with Crippen LogP contribution in [-0.2, 0) is 15.6 Å². The number of rotatable bonds is 6. The van der Waals surface area contributed by atoms with Gasteiger partial charge in [-0.3, -0.25) is 4.79 Å². The highest BCUT2D eigenvalue weighted by atomic mass is 32.2. The van der Waals surface area contributed by atoms with E-state index in [4.69, 9.17) is 0 Å². The van der Waals surface area contributed by atoms with Gasteiger partial charge >= 0.3 is 0 Å². The van der Waals surface area contributed by atoms with Crippen LogP contribution in [0.15, 0.2) is 71.9 Å². The number of benzene rings is 2. The number of piperidine rings is 1. The molecule has 0 saturated carbocycles. The Labute approximate surface area is 188 Å². The van der Waals surface area contributed by atoms with Crippen molar-refractivity contribution >= 4 is 15.9 Å². The Morgan fingerprint density at radius 2 is 1.81 bits per heavy atom. The summed E-state index contributed by atoms with van der Waals surface area (Å²) in [7, 11) is -3.68. The van der Waals surface area contributed by atoms with Crippen LogP contribution in [0.25, 0.3) is 0 Å². The summed E-state index contributed by atoms with van der Waals surface area (Å²) < 4.78 is 28.0. The van der Waals surface area contributed by atoms with Gasteiger partial charge in [-0.25, -0.2) is 13.4 Å². The molecule has 0 unspecified atom stereocenters. The third kappa shape index (κ3) is 4.61. The van der Waals surface area contributed by atoms with E-state index in [1.54, 1.807) is 30.6 Å². The zero-order valence-corrected chi connectivity index (χ0v) is 19.1. The van der Waals surface area contributed by atoms with Crippen molar-refractivity contribution in [2.45, 2.75) is 43.0 Å². The summed E-state index contributed by atoms with van der Waals surface area (Å²) in [4.78, 5) is 20.5. The lowest BCUT2D eigenvalue weighted by Gasteiger charge is -2.30. The summed E-state index contributed by atoms with van der Waals surface area (Å²) in [6, 6.07) is 15.9. The van der Waals surface area contributed by atoms with Crippen molar-refractivity contribution in [1.29, 1.82) is 0 Å². The highest BCUT2D eigenvalue weighted by Gasteiger charge is 2.31. The second-order valence-electron chi connectivity index (χ2n) is 8.63. The lowest BCUT2D eigenvalue weighted by atomic mass is 9.94. The number of aromatic amines is 1. The first-order chi connectivity index (χ1) is 15.3. The Hall–Kier alpha value is -2.97.